The Kier molecular flexibility index (Phi) is 2.98. The molecule has 0 atom stereocenters. The van der Waals surface area contributed by atoms with Gasteiger partial charge >= 0.3 is 0 Å². The molecule has 1 aliphatic rings. The van der Waals surface area contributed by atoms with E-state index in [-0.39, 0.29) is 5.91 Å². The maximum atomic E-state index is 12.0. The fourth-order valence-corrected chi connectivity index (χ4v) is 2.60. The molecule has 0 radical (unpaired) electrons. The Hall–Kier alpha value is -1.88. The molecule has 18 heavy (non-hydrogen) atoms. The minimum atomic E-state index is 0.0407. The smallest absolute Gasteiger partial charge is 0.247 e. The van der Waals surface area contributed by atoms with Crippen molar-refractivity contribution in [2.45, 2.75) is 12.8 Å². The van der Waals surface area contributed by atoms with Gasteiger partial charge in [-0.2, -0.15) is 5.10 Å². The molecular formula is C13H12N2O2S. The van der Waals surface area contributed by atoms with Crippen molar-refractivity contribution < 1.29 is 9.21 Å². The first-order valence-electron chi connectivity index (χ1n) is 5.77. The van der Waals surface area contributed by atoms with Crippen LogP contribution in [-0.2, 0) is 11.2 Å². The van der Waals surface area contributed by atoms with Crippen molar-refractivity contribution in [3.63, 3.8) is 0 Å². The molecule has 0 spiro atoms. The lowest BCUT2D eigenvalue weighted by atomic mass is 10.2. The summed E-state index contributed by atoms with van der Waals surface area (Å²) in [5.74, 6) is 0.792. The lowest BCUT2D eigenvalue weighted by Crippen LogP contribution is -2.24. The third kappa shape index (κ3) is 2.22. The van der Waals surface area contributed by atoms with Crippen LogP contribution in [0.3, 0.4) is 0 Å². The molecule has 0 aromatic carbocycles. The first-order valence-corrected chi connectivity index (χ1v) is 6.65. The van der Waals surface area contributed by atoms with Crippen LogP contribution in [0.5, 0.6) is 0 Å². The van der Waals surface area contributed by atoms with Crippen LogP contribution in [-0.4, -0.2) is 23.2 Å². The lowest BCUT2D eigenvalue weighted by molar-refractivity contribution is -0.129. The van der Waals surface area contributed by atoms with Gasteiger partial charge in [0.15, 0.2) is 0 Å². The number of carbonyl (C=O) groups is 1. The second-order valence-corrected chi connectivity index (χ2v) is 5.08. The van der Waals surface area contributed by atoms with Gasteiger partial charge in [-0.25, -0.2) is 5.01 Å². The first kappa shape index (κ1) is 11.2. The standard InChI is InChI=1S/C13H12N2O2S/c16-13(9-10-3-2-8-18-10)15-6-5-11(14-15)12-4-1-7-17-12/h1-4,7-8H,5-6,9H2. The van der Waals surface area contributed by atoms with Gasteiger partial charge < -0.3 is 4.42 Å². The Labute approximate surface area is 109 Å². The molecule has 2 aromatic heterocycles. The molecule has 5 heteroatoms. The van der Waals surface area contributed by atoms with Crippen LogP contribution in [0, 0.1) is 0 Å². The summed E-state index contributed by atoms with van der Waals surface area (Å²) in [5.41, 5.74) is 0.847. The van der Waals surface area contributed by atoms with Crippen LogP contribution < -0.4 is 0 Å². The van der Waals surface area contributed by atoms with Gasteiger partial charge in [0, 0.05) is 11.3 Å². The lowest BCUT2D eigenvalue weighted by Gasteiger charge is -2.09. The molecule has 0 aliphatic carbocycles. The number of furan rings is 1. The average Bonchev–Trinajstić information content (AvgIpc) is 3.11. The molecule has 0 saturated heterocycles. The van der Waals surface area contributed by atoms with Gasteiger partial charge in [-0.1, -0.05) is 6.07 Å². The highest BCUT2D eigenvalue weighted by Gasteiger charge is 2.22. The van der Waals surface area contributed by atoms with Gasteiger partial charge in [0.2, 0.25) is 5.91 Å². The maximum absolute atomic E-state index is 12.0. The third-order valence-electron chi connectivity index (χ3n) is 2.80. The summed E-state index contributed by atoms with van der Waals surface area (Å²) in [5, 5.41) is 7.84. The van der Waals surface area contributed by atoms with Crippen molar-refractivity contribution in [1.29, 1.82) is 0 Å². The normalized spacial score (nSPS) is 14.9. The third-order valence-corrected chi connectivity index (χ3v) is 3.68. The predicted molar refractivity (Wildman–Crippen MR) is 69.6 cm³/mol. The monoisotopic (exact) mass is 260 g/mol. The summed E-state index contributed by atoms with van der Waals surface area (Å²) in [6, 6.07) is 7.62. The second-order valence-electron chi connectivity index (χ2n) is 4.05. The topological polar surface area (TPSA) is 45.8 Å². The minimum Gasteiger partial charge on any atom is -0.463 e. The van der Waals surface area contributed by atoms with E-state index in [4.69, 9.17) is 4.42 Å². The Morgan fingerprint density at radius 1 is 1.44 bits per heavy atom. The quantitative estimate of drug-likeness (QED) is 0.851. The molecule has 92 valence electrons. The molecule has 0 fully saturated rings. The van der Waals surface area contributed by atoms with E-state index in [1.807, 2.05) is 29.6 Å². The number of hydrazone groups is 1. The van der Waals surface area contributed by atoms with Crippen molar-refractivity contribution in [1.82, 2.24) is 5.01 Å². The van der Waals surface area contributed by atoms with Crippen LogP contribution in [0.2, 0.25) is 0 Å². The molecule has 3 heterocycles. The fourth-order valence-electron chi connectivity index (χ4n) is 1.91. The summed E-state index contributed by atoms with van der Waals surface area (Å²) in [6.45, 7) is 0.639. The Balaban J connectivity index is 1.69. The van der Waals surface area contributed by atoms with Gasteiger partial charge in [-0.3, -0.25) is 4.79 Å². The zero-order valence-corrected chi connectivity index (χ0v) is 10.5. The number of rotatable bonds is 3. The van der Waals surface area contributed by atoms with E-state index in [1.54, 1.807) is 17.6 Å². The molecule has 4 nitrogen and oxygen atoms in total. The number of carbonyl (C=O) groups excluding carboxylic acids is 1. The molecular weight excluding hydrogens is 248 g/mol. The van der Waals surface area contributed by atoms with E-state index in [9.17, 15) is 4.79 Å². The van der Waals surface area contributed by atoms with E-state index in [0.717, 1.165) is 22.8 Å². The highest BCUT2D eigenvalue weighted by Crippen LogP contribution is 2.17. The number of nitrogens with zero attached hydrogens (tertiary/aromatic N) is 2. The Bertz CT molecular complexity index is 558. The van der Waals surface area contributed by atoms with Crippen molar-refractivity contribution >= 4 is 23.0 Å². The van der Waals surface area contributed by atoms with Gasteiger partial charge in [0.05, 0.1) is 19.2 Å². The van der Waals surface area contributed by atoms with E-state index < -0.39 is 0 Å². The molecule has 0 unspecified atom stereocenters. The SMILES string of the molecule is O=C(Cc1cccs1)N1CCC(c2ccco2)=N1. The zero-order valence-electron chi connectivity index (χ0n) is 9.70. The highest BCUT2D eigenvalue weighted by atomic mass is 32.1. The van der Waals surface area contributed by atoms with Crippen LogP contribution in [0.25, 0.3) is 0 Å². The van der Waals surface area contributed by atoms with E-state index in [1.165, 1.54) is 5.01 Å². The number of hydrogen-bond donors (Lipinski definition) is 0. The largest absolute Gasteiger partial charge is 0.463 e. The summed E-state index contributed by atoms with van der Waals surface area (Å²) >= 11 is 1.59. The highest BCUT2D eigenvalue weighted by molar-refractivity contribution is 7.10. The maximum Gasteiger partial charge on any atom is 0.247 e. The van der Waals surface area contributed by atoms with E-state index in [2.05, 4.69) is 5.10 Å². The van der Waals surface area contributed by atoms with Crippen molar-refractivity contribution in [2.75, 3.05) is 6.54 Å². The Morgan fingerprint density at radius 3 is 3.11 bits per heavy atom. The number of thiophene rings is 1. The zero-order chi connectivity index (χ0) is 12.4. The van der Waals surface area contributed by atoms with Crippen LogP contribution in [0.15, 0.2) is 45.4 Å². The average molecular weight is 260 g/mol. The van der Waals surface area contributed by atoms with Gasteiger partial charge in [0.25, 0.3) is 0 Å². The summed E-state index contributed by atoms with van der Waals surface area (Å²) < 4.78 is 5.28. The van der Waals surface area contributed by atoms with Crippen LogP contribution >= 0.6 is 11.3 Å². The number of amides is 1. The molecule has 1 amide bonds. The number of hydrogen-bond acceptors (Lipinski definition) is 4. The van der Waals surface area contributed by atoms with Crippen LogP contribution in [0.4, 0.5) is 0 Å². The van der Waals surface area contributed by atoms with Crippen molar-refractivity contribution in [3.8, 4) is 0 Å². The van der Waals surface area contributed by atoms with E-state index >= 15 is 0 Å². The molecule has 0 N–H and O–H groups in total. The molecule has 1 aliphatic heterocycles. The van der Waals surface area contributed by atoms with Gasteiger partial charge in [-0.05, 0) is 23.6 Å². The first-order chi connectivity index (χ1) is 8.83. The minimum absolute atomic E-state index is 0.0407. The van der Waals surface area contributed by atoms with Crippen molar-refractivity contribution in [2.24, 2.45) is 5.10 Å². The molecule has 2 aromatic rings. The van der Waals surface area contributed by atoms with E-state index in [0.29, 0.717) is 13.0 Å². The van der Waals surface area contributed by atoms with Crippen molar-refractivity contribution in [3.05, 3.63) is 46.5 Å². The van der Waals surface area contributed by atoms with Gasteiger partial charge in [0.1, 0.15) is 11.5 Å². The predicted octanol–water partition coefficient (Wildman–Crippen LogP) is 2.52. The van der Waals surface area contributed by atoms with Crippen LogP contribution in [0.1, 0.15) is 17.1 Å². The molecule has 0 saturated carbocycles. The summed E-state index contributed by atoms with van der Waals surface area (Å²) in [4.78, 5) is 13.1. The van der Waals surface area contributed by atoms with Gasteiger partial charge in [-0.15, -0.1) is 11.3 Å². The Morgan fingerprint density at radius 2 is 2.39 bits per heavy atom. The second kappa shape index (κ2) is 4.78. The molecule has 0 bridgehead atoms. The summed E-state index contributed by atoms with van der Waals surface area (Å²) in [6.07, 6.45) is 2.80. The summed E-state index contributed by atoms with van der Waals surface area (Å²) in [7, 11) is 0. The fraction of sp³-hybridized carbons (Fsp3) is 0.231. The molecule has 3 rings (SSSR count).